The quantitative estimate of drug-likeness (QED) is 0.887. The van der Waals surface area contributed by atoms with Gasteiger partial charge in [-0.25, -0.2) is 4.39 Å². The lowest BCUT2D eigenvalue weighted by Gasteiger charge is -2.08. The van der Waals surface area contributed by atoms with Crippen LogP contribution in [0.2, 0.25) is 0 Å². The topological polar surface area (TPSA) is 56.2 Å². The molecular weight excluding hydrogens is 285 g/mol. The molecule has 0 saturated heterocycles. The number of benzene rings is 1. The molecule has 1 aromatic carbocycles. The standard InChI is InChI=1S/C16H20FN3O2/c1-11-13(12(2)20(3)19-11)8-9-18-16(21)10-22-15-7-5-4-6-14(15)17/h4-7H,8-10H2,1-3H3,(H,18,21). The Balaban J connectivity index is 1.78. The number of halogens is 1. The fourth-order valence-corrected chi connectivity index (χ4v) is 2.26. The summed E-state index contributed by atoms with van der Waals surface area (Å²) in [5.74, 6) is -0.670. The third kappa shape index (κ3) is 3.84. The molecule has 0 aliphatic heterocycles. The van der Waals surface area contributed by atoms with Gasteiger partial charge in [0, 0.05) is 19.3 Å². The monoisotopic (exact) mass is 305 g/mol. The van der Waals surface area contributed by atoms with Gasteiger partial charge >= 0.3 is 0 Å². The van der Waals surface area contributed by atoms with Crippen LogP contribution >= 0.6 is 0 Å². The number of hydrogen-bond acceptors (Lipinski definition) is 3. The van der Waals surface area contributed by atoms with Crippen molar-refractivity contribution in [2.75, 3.05) is 13.2 Å². The van der Waals surface area contributed by atoms with E-state index in [1.54, 1.807) is 12.1 Å². The summed E-state index contributed by atoms with van der Waals surface area (Å²) in [5.41, 5.74) is 3.20. The molecule has 1 aromatic heterocycles. The molecule has 2 rings (SSSR count). The number of hydrogen-bond donors (Lipinski definition) is 1. The Kier molecular flexibility index (Phi) is 5.14. The van der Waals surface area contributed by atoms with Gasteiger partial charge in [0.2, 0.25) is 0 Å². The van der Waals surface area contributed by atoms with Gasteiger partial charge in [-0.05, 0) is 38.0 Å². The zero-order chi connectivity index (χ0) is 16.1. The number of para-hydroxylation sites is 1. The average Bonchev–Trinajstić information content (AvgIpc) is 2.72. The lowest BCUT2D eigenvalue weighted by Crippen LogP contribution is -2.30. The number of amides is 1. The van der Waals surface area contributed by atoms with Gasteiger partial charge in [0.15, 0.2) is 18.2 Å². The van der Waals surface area contributed by atoms with E-state index in [1.807, 2.05) is 25.6 Å². The Hall–Kier alpha value is -2.37. The molecule has 0 atom stereocenters. The molecule has 1 amide bonds. The van der Waals surface area contributed by atoms with Crippen LogP contribution < -0.4 is 10.1 Å². The highest BCUT2D eigenvalue weighted by Crippen LogP contribution is 2.15. The largest absolute Gasteiger partial charge is 0.481 e. The maximum Gasteiger partial charge on any atom is 0.257 e. The Labute approximate surface area is 129 Å². The van der Waals surface area contributed by atoms with Crippen LogP contribution in [0.4, 0.5) is 4.39 Å². The molecule has 0 bridgehead atoms. The van der Waals surface area contributed by atoms with Gasteiger partial charge in [0.1, 0.15) is 0 Å². The summed E-state index contributed by atoms with van der Waals surface area (Å²) in [4.78, 5) is 11.7. The Morgan fingerprint density at radius 2 is 2.09 bits per heavy atom. The van der Waals surface area contributed by atoms with Crippen LogP contribution in [-0.2, 0) is 18.3 Å². The van der Waals surface area contributed by atoms with Crippen molar-refractivity contribution >= 4 is 5.91 Å². The van der Waals surface area contributed by atoms with Crippen molar-refractivity contribution < 1.29 is 13.9 Å². The highest BCUT2D eigenvalue weighted by molar-refractivity contribution is 5.77. The van der Waals surface area contributed by atoms with Crippen molar-refractivity contribution in [2.45, 2.75) is 20.3 Å². The van der Waals surface area contributed by atoms with Crippen molar-refractivity contribution in [2.24, 2.45) is 7.05 Å². The fourth-order valence-electron chi connectivity index (χ4n) is 2.26. The van der Waals surface area contributed by atoms with Crippen LogP contribution in [0.3, 0.4) is 0 Å². The van der Waals surface area contributed by atoms with E-state index in [-0.39, 0.29) is 18.3 Å². The highest BCUT2D eigenvalue weighted by Gasteiger charge is 2.10. The highest BCUT2D eigenvalue weighted by atomic mass is 19.1. The molecule has 0 aliphatic rings. The summed E-state index contributed by atoms with van der Waals surface area (Å²) in [6.07, 6.45) is 0.705. The molecule has 5 nitrogen and oxygen atoms in total. The molecule has 2 aromatic rings. The number of carbonyl (C=O) groups is 1. The smallest absolute Gasteiger partial charge is 0.257 e. The second kappa shape index (κ2) is 7.06. The summed E-state index contributed by atoms with van der Waals surface area (Å²) in [5, 5.41) is 7.09. The molecule has 0 unspecified atom stereocenters. The normalized spacial score (nSPS) is 10.5. The summed E-state index contributed by atoms with van der Waals surface area (Å²) in [6.45, 7) is 4.24. The fraction of sp³-hybridized carbons (Fsp3) is 0.375. The van der Waals surface area contributed by atoms with Gasteiger partial charge in [-0.1, -0.05) is 12.1 Å². The minimum Gasteiger partial charge on any atom is -0.481 e. The van der Waals surface area contributed by atoms with E-state index in [9.17, 15) is 9.18 Å². The zero-order valence-electron chi connectivity index (χ0n) is 13.0. The number of aromatic nitrogens is 2. The van der Waals surface area contributed by atoms with Crippen LogP contribution in [0.5, 0.6) is 5.75 Å². The van der Waals surface area contributed by atoms with Crippen LogP contribution in [-0.4, -0.2) is 28.8 Å². The van der Waals surface area contributed by atoms with E-state index in [4.69, 9.17) is 4.74 Å². The van der Waals surface area contributed by atoms with Crippen molar-refractivity contribution in [3.05, 3.63) is 47.0 Å². The first-order chi connectivity index (χ1) is 10.5. The molecule has 118 valence electrons. The van der Waals surface area contributed by atoms with E-state index in [1.165, 1.54) is 12.1 Å². The molecule has 0 fully saturated rings. The molecule has 1 heterocycles. The van der Waals surface area contributed by atoms with Crippen LogP contribution in [0, 0.1) is 19.7 Å². The van der Waals surface area contributed by atoms with E-state index in [0.717, 1.165) is 17.0 Å². The number of aryl methyl sites for hydroxylation is 2. The van der Waals surface area contributed by atoms with Crippen LogP contribution in [0.15, 0.2) is 24.3 Å². The lowest BCUT2D eigenvalue weighted by molar-refractivity contribution is -0.123. The summed E-state index contributed by atoms with van der Waals surface area (Å²) in [6, 6.07) is 6.01. The zero-order valence-corrected chi connectivity index (χ0v) is 13.0. The molecule has 22 heavy (non-hydrogen) atoms. The molecule has 0 spiro atoms. The molecule has 0 saturated carbocycles. The lowest BCUT2D eigenvalue weighted by atomic mass is 10.1. The first kappa shape index (κ1) is 16.0. The molecule has 1 N–H and O–H groups in total. The average molecular weight is 305 g/mol. The molecule has 6 heteroatoms. The van der Waals surface area contributed by atoms with Gasteiger partial charge in [0.25, 0.3) is 5.91 Å². The predicted molar refractivity (Wildman–Crippen MR) is 81.3 cm³/mol. The Morgan fingerprint density at radius 3 is 2.73 bits per heavy atom. The van der Waals surface area contributed by atoms with E-state index < -0.39 is 5.82 Å². The Bertz CT molecular complexity index is 667. The van der Waals surface area contributed by atoms with E-state index in [0.29, 0.717) is 13.0 Å². The first-order valence-corrected chi connectivity index (χ1v) is 7.12. The second-order valence-corrected chi connectivity index (χ2v) is 5.09. The van der Waals surface area contributed by atoms with Gasteiger partial charge in [0.05, 0.1) is 5.69 Å². The minimum atomic E-state index is -0.475. The maximum atomic E-state index is 13.3. The van der Waals surface area contributed by atoms with Gasteiger partial charge in [-0.3, -0.25) is 9.48 Å². The van der Waals surface area contributed by atoms with Crippen molar-refractivity contribution in [3.8, 4) is 5.75 Å². The van der Waals surface area contributed by atoms with Crippen LogP contribution in [0.25, 0.3) is 0 Å². The van der Waals surface area contributed by atoms with Crippen LogP contribution in [0.1, 0.15) is 17.0 Å². The molecular formula is C16H20FN3O2. The van der Waals surface area contributed by atoms with E-state index >= 15 is 0 Å². The molecule has 0 radical (unpaired) electrons. The summed E-state index contributed by atoms with van der Waals surface area (Å²) >= 11 is 0. The first-order valence-electron chi connectivity index (χ1n) is 7.12. The van der Waals surface area contributed by atoms with Gasteiger partial charge < -0.3 is 10.1 Å². The van der Waals surface area contributed by atoms with Gasteiger partial charge in [-0.15, -0.1) is 0 Å². The number of nitrogens with one attached hydrogen (secondary N) is 1. The maximum absolute atomic E-state index is 13.3. The number of nitrogens with zero attached hydrogens (tertiary/aromatic N) is 2. The Morgan fingerprint density at radius 1 is 1.36 bits per heavy atom. The number of ether oxygens (including phenoxy) is 1. The number of carbonyl (C=O) groups excluding carboxylic acids is 1. The summed E-state index contributed by atoms with van der Waals surface area (Å²) in [7, 11) is 1.90. The van der Waals surface area contributed by atoms with E-state index in [2.05, 4.69) is 10.4 Å². The minimum absolute atomic E-state index is 0.0802. The molecule has 0 aliphatic carbocycles. The third-order valence-corrected chi connectivity index (χ3v) is 3.55. The second-order valence-electron chi connectivity index (χ2n) is 5.09. The predicted octanol–water partition coefficient (Wildman–Crippen LogP) is 1.91. The number of rotatable bonds is 6. The van der Waals surface area contributed by atoms with Crippen molar-refractivity contribution in [1.82, 2.24) is 15.1 Å². The third-order valence-electron chi connectivity index (χ3n) is 3.55. The van der Waals surface area contributed by atoms with Gasteiger partial charge in [-0.2, -0.15) is 5.10 Å². The summed E-state index contributed by atoms with van der Waals surface area (Å²) < 4.78 is 20.3. The SMILES string of the molecule is Cc1nn(C)c(C)c1CCNC(=O)COc1ccccc1F. The van der Waals surface area contributed by atoms with Crippen molar-refractivity contribution in [1.29, 1.82) is 0 Å². The van der Waals surface area contributed by atoms with Crippen molar-refractivity contribution in [3.63, 3.8) is 0 Å².